The van der Waals surface area contributed by atoms with Crippen LogP contribution in [0.2, 0.25) is 0 Å². The fourth-order valence-corrected chi connectivity index (χ4v) is 12.2. The predicted molar refractivity (Wildman–Crippen MR) is 372 cm³/mol. The monoisotopic (exact) mass is 1350 g/mol. The minimum atomic E-state index is -4.96. The van der Waals surface area contributed by atoms with E-state index in [1.807, 2.05) is 0 Å². The van der Waals surface area contributed by atoms with Gasteiger partial charge in [-0.15, -0.1) is 0 Å². The van der Waals surface area contributed by atoms with Crippen molar-refractivity contribution in [3.8, 4) is 0 Å². The maximum Gasteiger partial charge on any atom is 0.472 e. The van der Waals surface area contributed by atoms with Crippen LogP contribution in [0.5, 0.6) is 0 Å². The second kappa shape index (κ2) is 65.8. The van der Waals surface area contributed by atoms with Gasteiger partial charge in [0.1, 0.15) is 19.3 Å². The average Bonchev–Trinajstić information content (AvgIpc) is 3.71. The van der Waals surface area contributed by atoms with Crippen LogP contribution in [0.1, 0.15) is 356 Å². The highest BCUT2D eigenvalue weighted by molar-refractivity contribution is 7.47. The standard InChI is InChI=1S/C73H138O17P2/c1-6-9-12-15-17-19-21-23-26-31-34-38-42-47-52-57-71(76)84-63-69(90-73(78)59-54-49-44-40-36-32-28-25-24-27-30-33-37-41-46-50-55-66(4)5)65-88-92(81,82)86-61-67(74)60-85-91(79,80)87-64-68(62-83-70(75)56-51-45-14-11-8-3)89-72(77)58-53-48-43-39-35-29-22-20-18-16-13-10-7-2/h19,21,23,26,66-69,74H,6-18,20,22,24-25,27-65H2,1-5H3,(H,79,80)(H,81,82)/b21-19-,26-23-/t67-,68+,69+/m0/s1. The molecule has 542 valence electrons. The number of phosphoric ester groups is 2. The lowest BCUT2D eigenvalue weighted by Crippen LogP contribution is -2.30. The largest absolute Gasteiger partial charge is 0.472 e. The van der Waals surface area contributed by atoms with Gasteiger partial charge in [0, 0.05) is 25.7 Å². The van der Waals surface area contributed by atoms with Crippen LogP contribution in [0.4, 0.5) is 0 Å². The lowest BCUT2D eigenvalue weighted by molar-refractivity contribution is -0.161. The first-order valence-corrected chi connectivity index (χ1v) is 40.4. The highest BCUT2D eigenvalue weighted by Gasteiger charge is 2.30. The molecular formula is C73H138O17P2. The van der Waals surface area contributed by atoms with Gasteiger partial charge in [0.2, 0.25) is 0 Å². The summed E-state index contributed by atoms with van der Waals surface area (Å²) in [7, 11) is -9.91. The second-order valence-electron chi connectivity index (χ2n) is 26.1. The summed E-state index contributed by atoms with van der Waals surface area (Å²) in [5.41, 5.74) is 0. The molecule has 0 bridgehead atoms. The van der Waals surface area contributed by atoms with Crippen molar-refractivity contribution in [2.45, 2.75) is 374 Å². The van der Waals surface area contributed by atoms with E-state index in [1.165, 1.54) is 154 Å². The van der Waals surface area contributed by atoms with Gasteiger partial charge in [0.25, 0.3) is 0 Å². The Kier molecular flexibility index (Phi) is 64.0. The zero-order chi connectivity index (χ0) is 67.7. The van der Waals surface area contributed by atoms with E-state index in [1.54, 1.807) is 0 Å². The van der Waals surface area contributed by atoms with Crippen LogP contribution in [0.25, 0.3) is 0 Å². The number of carbonyl (C=O) groups is 4. The summed E-state index contributed by atoms with van der Waals surface area (Å²) in [6.07, 6.45) is 56.7. The van der Waals surface area contributed by atoms with E-state index in [9.17, 15) is 43.2 Å². The third kappa shape index (κ3) is 66.2. The number of ether oxygens (including phenoxy) is 4. The van der Waals surface area contributed by atoms with Crippen LogP contribution < -0.4 is 0 Å². The molecule has 2 unspecified atom stereocenters. The molecule has 0 aliphatic heterocycles. The fourth-order valence-electron chi connectivity index (χ4n) is 10.6. The molecule has 0 aromatic rings. The highest BCUT2D eigenvalue weighted by Crippen LogP contribution is 2.45. The van der Waals surface area contributed by atoms with Gasteiger partial charge in [-0.05, 0) is 57.3 Å². The maximum atomic E-state index is 13.0. The Hall–Kier alpha value is -2.46. The van der Waals surface area contributed by atoms with Crippen LogP contribution in [0.3, 0.4) is 0 Å². The van der Waals surface area contributed by atoms with Crippen molar-refractivity contribution in [3.05, 3.63) is 24.3 Å². The Morgan fingerprint density at radius 2 is 0.587 bits per heavy atom. The number of aliphatic hydroxyl groups is 1. The Balaban J connectivity index is 5.18. The molecule has 0 fully saturated rings. The summed E-state index contributed by atoms with van der Waals surface area (Å²) >= 11 is 0. The van der Waals surface area contributed by atoms with Gasteiger partial charge in [-0.25, -0.2) is 9.13 Å². The number of rotatable bonds is 71. The predicted octanol–water partition coefficient (Wildman–Crippen LogP) is 20.9. The molecule has 92 heavy (non-hydrogen) atoms. The summed E-state index contributed by atoms with van der Waals surface area (Å²) in [6, 6.07) is 0. The topological polar surface area (TPSA) is 237 Å². The molecule has 3 N–H and O–H groups in total. The molecule has 0 aliphatic carbocycles. The van der Waals surface area contributed by atoms with E-state index in [0.717, 1.165) is 121 Å². The first-order valence-electron chi connectivity index (χ1n) is 37.5. The quantitative estimate of drug-likeness (QED) is 0.0169. The van der Waals surface area contributed by atoms with Gasteiger partial charge in [-0.3, -0.25) is 37.3 Å². The molecule has 0 saturated carbocycles. The number of esters is 4. The molecule has 0 rings (SSSR count). The highest BCUT2D eigenvalue weighted by atomic mass is 31.2. The summed E-state index contributed by atoms with van der Waals surface area (Å²) < 4.78 is 68.1. The molecule has 0 aromatic carbocycles. The summed E-state index contributed by atoms with van der Waals surface area (Å²) in [5, 5.41) is 10.6. The van der Waals surface area contributed by atoms with Crippen LogP contribution in [0.15, 0.2) is 24.3 Å². The number of hydrogen-bond donors (Lipinski definition) is 3. The van der Waals surface area contributed by atoms with E-state index in [4.69, 9.17) is 37.0 Å². The van der Waals surface area contributed by atoms with Crippen molar-refractivity contribution in [3.63, 3.8) is 0 Å². The Bertz CT molecular complexity index is 1860. The number of carbonyl (C=O) groups excluding carboxylic acids is 4. The molecule has 0 amide bonds. The van der Waals surface area contributed by atoms with Gasteiger partial charge in [-0.2, -0.15) is 0 Å². The molecule has 0 aromatic heterocycles. The van der Waals surface area contributed by atoms with Crippen molar-refractivity contribution in [2.24, 2.45) is 5.92 Å². The van der Waals surface area contributed by atoms with E-state index in [0.29, 0.717) is 25.7 Å². The molecular weight excluding hydrogens is 1210 g/mol. The number of aliphatic hydroxyl groups excluding tert-OH is 1. The van der Waals surface area contributed by atoms with E-state index >= 15 is 0 Å². The van der Waals surface area contributed by atoms with Crippen molar-refractivity contribution < 1.29 is 80.2 Å². The van der Waals surface area contributed by atoms with Gasteiger partial charge in [-0.1, -0.05) is 303 Å². The third-order valence-corrected chi connectivity index (χ3v) is 18.3. The molecule has 0 radical (unpaired) electrons. The van der Waals surface area contributed by atoms with Gasteiger partial charge < -0.3 is 33.8 Å². The van der Waals surface area contributed by atoms with Crippen LogP contribution in [0, 0.1) is 5.92 Å². The van der Waals surface area contributed by atoms with Crippen molar-refractivity contribution >= 4 is 39.5 Å². The number of allylic oxidation sites excluding steroid dienone is 4. The van der Waals surface area contributed by atoms with Gasteiger partial charge in [0.05, 0.1) is 26.4 Å². The summed E-state index contributed by atoms with van der Waals surface area (Å²) in [4.78, 5) is 72.4. The normalized spacial score (nSPS) is 14.2. The zero-order valence-corrected chi connectivity index (χ0v) is 61.0. The number of unbranched alkanes of at least 4 members (excludes halogenated alkanes) is 40. The molecule has 0 aliphatic rings. The Morgan fingerprint density at radius 3 is 0.891 bits per heavy atom. The molecule has 0 spiro atoms. The summed E-state index contributed by atoms with van der Waals surface area (Å²) in [6.45, 7) is 7.15. The van der Waals surface area contributed by atoms with Gasteiger partial charge in [0.15, 0.2) is 12.2 Å². The third-order valence-electron chi connectivity index (χ3n) is 16.4. The molecule has 0 heterocycles. The Labute approximate surface area is 561 Å². The van der Waals surface area contributed by atoms with Crippen molar-refractivity contribution in [2.75, 3.05) is 39.6 Å². The zero-order valence-electron chi connectivity index (χ0n) is 59.2. The van der Waals surface area contributed by atoms with E-state index < -0.39 is 97.5 Å². The number of hydrogen-bond acceptors (Lipinski definition) is 15. The van der Waals surface area contributed by atoms with Crippen LogP contribution in [-0.2, 0) is 65.4 Å². The van der Waals surface area contributed by atoms with E-state index in [-0.39, 0.29) is 25.7 Å². The first-order chi connectivity index (χ1) is 44.5. The number of phosphoric acid groups is 2. The SMILES string of the molecule is CCCCCC/C=C\C=C/CCCCCCCC(=O)OC[C@H](COP(=O)(O)OC[C@@H](O)COP(=O)(O)OC[C@@H](COC(=O)CCCCCCC)OC(=O)CCCCCCCCCCCCCCC)OC(=O)CCCCCCCCCCCCCCCCCCC(C)C. The second-order valence-corrected chi connectivity index (χ2v) is 29.0. The molecule has 17 nitrogen and oxygen atoms in total. The average molecular weight is 1350 g/mol. The van der Waals surface area contributed by atoms with Gasteiger partial charge >= 0.3 is 39.5 Å². The van der Waals surface area contributed by atoms with Crippen LogP contribution in [-0.4, -0.2) is 96.7 Å². The van der Waals surface area contributed by atoms with Crippen LogP contribution >= 0.6 is 15.6 Å². The molecule has 0 saturated heterocycles. The van der Waals surface area contributed by atoms with Crippen molar-refractivity contribution in [1.29, 1.82) is 0 Å². The minimum Gasteiger partial charge on any atom is -0.462 e. The molecule has 19 heteroatoms. The lowest BCUT2D eigenvalue weighted by atomic mass is 10.0. The minimum absolute atomic E-state index is 0.101. The summed E-state index contributed by atoms with van der Waals surface area (Å²) in [5.74, 6) is -1.35. The Morgan fingerprint density at radius 1 is 0.337 bits per heavy atom. The van der Waals surface area contributed by atoms with Crippen molar-refractivity contribution in [1.82, 2.24) is 0 Å². The maximum absolute atomic E-state index is 13.0. The smallest absolute Gasteiger partial charge is 0.462 e. The molecule has 5 atom stereocenters. The lowest BCUT2D eigenvalue weighted by Gasteiger charge is -2.21. The fraction of sp³-hybridized carbons (Fsp3) is 0.890. The first kappa shape index (κ1) is 89.5. The van der Waals surface area contributed by atoms with E-state index in [2.05, 4.69) is 58.9 Å².